The molecule has 9 heteroatoms. The van der Waals surface area contributed by atoms with E-state index in [2.05, 4.69) is 16.0 Å². The van der Waals surface area contributed by atoms with Crippen LogP contribution >= 0.6 is 0 Å². The molecule has 3 N–H and O–H groups in total. The first-order valence-corrected chi connectivity index (χ1v) is 10.8. The van der Waals surface area contributed by atoms with E-state index in [1.165, 1.54) is 6.07 Å². The molecule has 3 aromatic carbocycles. The monoisotopic (exact) mass is 456 g/mol. The Balaban J connectivity index is 1.30. The summed E-state index contributed by atoms with van der Waals surface area (Å²) < 4.78 is 0. The second-order valence-electron chi connectivity index (χ2n) is 8.16. The van der Waals surface area contributed by atoms with Gasteiger partial charge in [-0.3, -0.25) is 29.4 Å². The van der Waals surface area contributed by atoms with Crippen molar-refractivity contribution in [3.63, 3.8) is 0 Å². The van der Waals surface area contributed by atoms with E-state index >= 15 is 0 Å². The van der Waals surface area contributed by atoms with Crippen LogP contribution in [-0.4, -0.2) is 40.6 Å². The first-order valence-electron chi connectivity index (χ1n) is 10.8. The molecule has 6 amide bonds. The van der Waals surface area contributed by atoms with Gasteiger partial charge in [-0.25, -0.2) is 4.79 Å². The molecule has 0 aromatic heterocycles. The number of nitrogens with zero attached hydrogens (tertiary/aromatic N) is 1. The molecule has 0 bridgehead atoms. The number of imide groups is 2. The van der Waals surface area contributed by atoms with Gasteiger partial charge in [0.25, 0.3) is 11.8 Å². The molecule has 2 heterocycles. The Morgan fingerprint density at radius 3 is 2.53 bits per heavy atom. The van der Waals surface area contributed by atoms with Crippen molar-refractivity contribution >= 4 is 46.1 Å². The number of carbonyl (C=O) groups is 5. The fraction of sp³-hybridized carbons (Fsp3) is 0.160. The van der Waals surface area contributed by atoms with Gasteiger partial charge in [-0.2, -0.15) is 0 Å². The minimum absolute atomic E-state index is 0.00476. The normalized spacial score (nSPS) is 17.5. The SMILES string of the molecule is O=C1CCC(N2C(=O)c3cccc(CNC(=O)Nc4ccc5ccccc5c4)c3C2=O)C(=O)N1. The number of carbonyl (C=O) groups excluding carboxylic acids is 5. The maximum atomic E-state index is 13.1. The second-order valence-corrected chi connectivity index (χ2v) is 8.16. The number of hydrogen-bond acceptors (Lipinski definition) is 5. The summed E-state index contributed by atoms with van der Waals surface area (Å²) >= 11 is 0. The lowest BCUT2D eigenvalue weighted by molar-refractivity contribution is -0.136. The quantitative estimate of drug-likeness (QED) is 0.521. The van der Waals surface area contributed by atoms with Gasteiger partial charge in [-0.05, 0) is 41.0 Å². The van der Waals surface area contributed by atoms with Crippen molar-refractivity contribution in [1.82, 2.24) is 15.5 Å². The van der Waals surface area contributed by atoms with Crippen LogP contribution in [0.5, 0.6) is 0 Å². The van der Waals surface area contributed by atoms with Crippen molar-refractivity contribution in [2.24, 2.45) is 0 Å². The van der Waals surface area contributed by atoms with Crippen LogP contribution in [0.25, 0.3) is 10.8 Å². The van der Waals surface area contributed by atoms with E-state index in [9.17, 15) is 24.0 Å². The average Bonchev–Trinajstić information content (AvgIpc) is 3.08. The van der Waals surface area contributed by atoms with Crippen molar-refractivity contribution in [3.05, 3.63) is 77.4 Å². The minimum atomic E-state index is -1.04. The number of nitrogens with one attached hydrogen (secondary N) is 3. The fourth-order valence-corrected chi connectivity index (χ4v) is 4.35. The number of rotatable bonds is 4. The van der Waals surface area contributed by atoms with Gasteiger partial charge in [-0.15, -0.1) is 0 Å². The number of benzene rings is 3. The molecule has 0 aliphatic carbocycles. The van der Waals surface area contributed by atoms with Crippen molar-refractivity contribution < 1.29 is 24.0 Å². The first-order chi connectivity index (χ1) is 16.4. The lowest BCUT2D eigenvalue weighted by atomic mass is 10.0. The maximum absolute atomic E-state index is 13.1. The highest BCUT2D eigenvalue weighted by Crippen LogP contribution is 2.30. The lowest BCUT2D eigenvalue weighted by Gasteiger charge is -2.27. The van der Waals surface area contributed by atoms with Gasteiger partial charge < -0.3 is 10.6 Å². The third-order valence-electron chi connectivity index (χ3n) is 6.00. The number of fused-ring (bicyclic) bond motifs is 2. The molecular formula is C25H20N4O5. The fourth-order valence-electron chi connectivity index (χ4n) is 4.35. The molecule has 0 saturated carbocycles. The second kappa shape index (κ2) is 8.43. The van der Waals surface area contributed by atoms with Crippen LogP contribution in [0.4, 0.5) is 10.5 Å². The Bertz CT molecular complexity index is 1380. The molecule has 0 radical (unpaired) electrons. The number of anilines is 1. The summed E-state index contributed by atoms with van der Waals surface area (Å²) in [4.78, 5) is 63.1. The topological polar surface area (TPSA) is 125 Å². The van der Waals surface area contributed by atoms with E-state index in [0.29, 0.717) is 11.3 Å². The van der Waals surface area contributed by atoms with Gasteiger partial charge in [0.1, 0.15) is 6.04 Å². The average molecular weight is 456 g/mol. The summed E-state index contributed by atoms with van der Waals surface area (Å²) in [7, 11) is 0. The van der Waals surface area contributed by atoms with Crippen LogP contribution in [-0.2, 0) is 16.1 Å². The molecule has 5 rings (SSSR count). The highest BCUT2D eigenvalue weighted by Gasteiger charge is 2.45. The molecule has 1 fully saturated rings. The molecule has 1 unspecified atom stereocenters. The summed E-state index contributed by atoms with van der Waals surface area (Å²) in [6, 6.07) is 16.6. The number of urea groups is 1. The van der Waals surface area contributed by atoms with E-state index < -0.39 is 35.7 Å². The Labute approximate surface area is 194 Å². The Kier molecular flexibility index (Phi) is 5.29. The van der Waals surface area contributed by atoms with Crippen molar-refractivity contribution in [2.45, 2.75) is 25.4 Å². The van der Waals surface area contributed by atoms with Crippen LogP contribution in [0, 0.1) is 0 Å². The standard InChI is InChI=1S/C25H20N4O5/c30-20-11-10-19(22(31)28-20)29-23(32)18-7-3-6-16(21(18)24(29)33)13-26-25(34)27-17-9-8-14-4-1-2-5-15(14)12-17/h1-9,12,19H,10-11,13H2,(H2,26,27,34)(H,28,30,31). The zero-order chi connectivity index (χ0) is 23.8. The lowest BCUT2D eigenvalue weighted by Crippen LogP contribution is -2.54. The molecule has 2 aliphatic heterocycles. The number of amides is 6. The highest BCUT2D eigenvalue weighted by molar-refractivity contribution is 6.24. The van der Waals surface area contributed by atoms with E-state index in [1.54, 1.807) is 18.2 Å². The third kappa shape index (κ3) is 3.77. The summed E-state index contributed by atoms with van der Waals surface area (Å²) in [6.07, 6.45) is 0.130. The Hall–Kier alpha value is -4.53. The molecule has 9 nitrogen and oxygen atoms in total. The van der Waals surface area contributed by atoms with Gasteiger partial charge in [-0.1, -0.05) is 42.5 Å². The predicted molar refractivity (Wildman–Crippen MR) is 123 cm³/mol. The predicted octanol–water partition coefficient (Wildman–Crippen LogP) is 2.56. The highest BCUT2D eigenvalue weighted by atomic mass is 16.2. The van der Waals surface area contributed by atoms with Gasteiger partial charge in [0.2, 0.25) is 11.8 Å². The zero-order valence-electron chi connectivity index (χ0n) is 18.0. The number of hydrogen-bond donors (Lipinski definition) is 3. The number of piperidine rings is 1. The summed E-state index contributed by atoms with van der Waals surface area (Å²) in [5.74, 6) is -2.29. The maximum Gasteiger partial charge on any atom is 0.319 e. The summed E-state index contributed by atoms with van der Waals surface area (Å²) in [5, 5.41) is 9.69. The van der Waals surface area contributed by atoms with Crippen LogP contribution in [0.1, 0.15) is 39.1 Å². The van der Waals surface area contributed by atoms with E-state index in [-0.39, 0.29) is 30.5 Å². The molecule has 1 saturated heterocycles. The van der Waals surface area contributed by atoms with Crippen LogP contribution in [0.3, 0.4) is 0 Å². The van der Waals surface area contributed by atoms with E-state index in [4.69, 9.17) is 0 Å². The molecule has 34 heavy (non-hydrogen) atoms. The Morgan fingerprint density at radius 1 is 0.941 bits per heavy atom. The smallest absolute Gasteiger partial charge is 0.319 e. The van der Waals surface area contributed by atoms with Gasteiger partial charge in [0.15, 0.2) is 0 Å². The van der Waals surface area contributed by atoms with Crippen LogP contribution in [0.15, 0.2) is 60.7 Å². The zero-order valence-corrected chi connectivity index (χ0v) is 18.0. The minimum Gasteiger partial charge on any atom is -0.334 e. The molecule has 0 spiro atoms. The largest absolute Gasteiger partial charge is 0.334 e. The summed E-state index contributed by atoms with van der Waals surface area (Å²) in [5.41, 5.74) is 1.40. The molecule has 3 aromatic rings. The van der Waals surface area contributed by atoms with Crippen molar-refractivity contribution in [1.29, 1.82) is 0 Å². The third-order valence-corrected chi connectivity index (χ3v) is 6.00. The molecule has 170 valence electrons. The summed E-state index contributed by atoms with van der Waals surface area (Å²) in [6.45, 7) is 0.00476. The van der Waals surface area contributed by atoms with E-state index in [0.717, 1.165) is 15.7 Å². The van der Waals surface area contributed by atoms with Crippen LogP contribution in [0.2, 0.25) is 0 Å². The molecular weight excluding hydrogens is 436 g/mol. The van der Waals surface area contributed by atoms with Gasteiger partial charge in [0.05, 0.1) is 11.1 Å². The van der Waals surface area contributed by atoms with Gasteiger partial charge >= 0.3 is 6.03 Å². The Morgan fingerprint density at radius 2 is 1.74 bits per heavy atom. The van der Waals surface area contributed by atoms with Gasteiger partial charge in [0, 0.05) is 18.7 Å². The first kappa shape index (κ1) is 21.3. The molecule has 2 aliphatic rings. The van der Waals surface area contributed by atoms with Crippen LogP contribution < -0.4 is 16.0 Å². The van der Waals surface area contributed by atoms with E-state index in [1.807, 2.05) is 36.4 Å². The van der Waals surface area contributed by atoms with Crippen molar-refractivity contribution in [2.75, 3.05) is 5.32 Å². The van der Waals surface area contributed by atoms with Crippen molar-refractivity contribution in [3.8, 4) is 0 Å². The molecule has 1 atom stereocenters.